The fourth-order valence-electron chi connectivity index (χ4n) is 3.94. The van der Waals surface area contributed by atoms with E-state index in [9.17, 15) is 4.79 Å². The number of carbonyl (C=O) groups excluding carboxylic acids is 1. The maximum atomic E-state index is 13.1. The molecule has 0 aromatic heterocycles. The molecule has 21 heavy (non-hydrogen) atoms. The monoisotopic (exact) mass is 286 g/mol. The first-order valence-corrected chi connectivity index (χ1v) is 8.31. The van der Waals surface area contributed by atoms with Gasteiger partial charge in [-0.15, -0.1) is 0 Å². The van der Waals surface area contributed by atoms with Crippen molar-refractivity contribution in [2.24, 2.45) is 11.1 Å². The summed E-state index contributed by atoms with van der Waals surface area (Å²) in [6.07, 6.45) is 7.46. The molecule has 2 aliphatic rings. The summed E-state index contributed by atoms with van der Waals surface area (Å²) in [4.78, 5) is 15.1. The van der Waals surface area contributed by atoms with E-state index >= 15 is 0 Å². The lowest BCUT2D eigenvalue weighted by Gasteiger charge is -2.38. The molecule has 0 radical (unpaired) electrons. The Kier molecular flexibility index (Phi) is 4.29. The van der Waals surface area contributed by atoms with Crippen LogP contribution >= 0.6 is 0 Å². The van der Waals surface area contributed by atoms with Crippen molar-refractivity contribution < 1.29 is 4.79 Å². The van der Waals surface area contributed by atoms with Gasteiger partial charge in [-0.1, -0.05) is 43.5 Å². The number of benzene rings is 1. The number of carbonyl (C=O) groups is 1. The van der Waals surface area contributed by atoms with Gasteiger partial charge in [-0.2, -0.15) is 0 Å². The molecule has 0 bridgehead atoms. The first kappa shape index (κ1) is 14.6. The molecule has 0 atom stereocenters. The average Bonchev–Trinajstić information content (AvgIpc) is 2.77. The average molecular weight is 286 g/mol. The lowest BCUT2D eigenvalue weighted by molar-refractivity contribution is -0.143. The van der Waals surface area contributed by atoms with Crippen LogP contribution in [-0.4, -0.2) is 30.4 Å². The minimum Gasteiger partial charge on any atom is -0.342 e. The Bertz CT molecular complexity index is 479. The molecule has 0 unspecified atom stereocenters. The van der Waals surface area contributed by atoms with Gasteiger partial charge in [0.1, 0.15) is 0 Å². The van der Waals surface area contributed by atoms with Crippen LogP contribution in [0.1, 0.15) is 43.2 Å². The van der Waals surface area contributed by atoms with E-state index in [1.807, 2.05) is 0 Å². The summed E-state index contributed by atoms with van der Waals surface area (Å²) in [7, 11) is 0. The van der Waals surface area contributed by atoms with Crippen LogP contribution in [0, 0.1) is 5.41 Å². The Labute approximate surface area is 127 Å². The van der Waals surface area contributed by atoms with Gasteiger partial charge in [0, 0.05) is 19.6 Å². The van der Waals surface area contributed by atoms with Crippen LogP contribution in [-0.2, 0) is 17.6 Å². The van der Waals surface area contributed by atoms with Gasteiger partial charge in [0.05, 0.1) is 5.41 Å². The highest BCUT2D eigenvalue weighted by Gasteiger charge is 2.40. The van der Waals surface area contributed by atoms with Gasteiger partial charge in [-0.3, -0.25) is 4.79 Å². The molecule has 1 fully saturated rings. The van der Waals surface area contributed by atoms with Gasteiger partial charge in [0.2, 0.25) is 5.91 Å². The predicted octanol–water partition coefficient (Wildman–Crippen LogP) is 2.52. The van der Waals surface area contributed by atoms with Crippen LogP contribution in [0.4, 0.5) is 0 Å². The molecule has 3 rings (SSSR count). The van der Waals surface area contributed by atoms with Gasteiger partial charge < -0.3 is 10.6 Å². The number of amides is 1. The van der Waals surface area contributed by atoms with Gasteiger partial charge in [-0.25, -0.2) is 0 Å². The predicted molar refractivity (Wildman–Crippen MR) is 85.0 cm³/mol. The van der Waals surface area contributed by atoms with Crippen LogP contribution in [0.15, 0.2) is 24.3 Å². The van der Waals surface area contributed by atoms with Crippen molar-refractivity contribution in [1.82, 2.24) is 4.90 Å². The third kappa shape index (κ3) is 2.84. The van der Waals surface area contributed by atoms with Crippen LogP contribution in [0.5, 0.6) is 0 Å². The largest absolute Gasteiger partial charge is 0.342 e. The van der Waals surface area contributed by atoms with E-state index < -0.39 is 0 Å². The number of fused-ring (bicyclic) bond motifs is 1. The second-order valence-corrected chi connectivity index (χ2v) is 6.61. The smallest absolute Gasteiger partial charge is 0.230 e. The summed E-state index contributed by atoms with van der Waals surface area (Å²) < 4.78 is 0. The summed E-state index contributed by atoms with van der Waals surface area (Å²) >= 11 is 0. The van der Waals surface area contributed by atoms with Crippen molar-refractivity contribution in [3.8, 4) is 0 Å². The third-order valence-corrected chi connectivity index (χ3v) is 5.36. The number of nitrogens with two attached hydrogens (primary N) is 1. The Morgan fingerprint density at radius 2 is 1.62 bits per heavy atom. The van der Waals surface area contributed by atoms with Crippen molar-refractivity contribution in [1.29, 1.82) is 0 Å². The summed E-state index contributed by atoms with van der Waals surface area (Å²) in [5.74, 6) is 0.317. The molecule has 2 N–H and O–H groups in total. The fourth-order valence-corrected chi connectivity index (χ4v) is 3.94. The summed E-state index contributed by atoms with van der Waals surface area (Å²) in [6, 6.07) is 8.59. The quantitative estimate of drug-likeness (QED) is 0.908. The topological polar surface area (TPSA) is 46.3 Å². The van der Waals surface area contributed by atoms with E-state index in [4.69, 9.17) is 5.73 Å². The Morgan fingerprint density at radius 1 is 1.05 bits per heavy atom. The van der Waals surface area contributed by atoms with E-state index in [0.29, 0.717) is 12.5 Å². The molecule has 3 heteroatoms. The standard InChI is InChI=1S/C18H26N2O/c19-14-18(10-4-1-5-11-18)17(21)20-12-8-15-6-2-3-7-16(15)9-13-20/h2-3,6-7H,1,4-5,8-14,19H2. The lowest BCUT2D eigenvalue weighted by Crippen LogP contribution is -2.49. The summed E-state index contributed by atoms with van der Waals surface area (Å²) in [5, 5.41) is 0. The van der Waals surface area contributed by atoms with Crippen molar-refractivity contribution in [2.75, 3.05) is 19.6 Å². The second-order valence-electron chi connectivity index (χ2n) is 6.61. The molecule has 1 heterocycles. The molecule has 0 spiro atoms. The highest BCUT2D eigenvalue weighted by molar-refractivity contribution is 5.83. The van der Waals surface area contributed by atoms with E-state index in [2.05, 4.69) is 29.2 Å². The first-order chi connectivity index (χ1) is 10.2. The first-order valence-electron chi connectivity index (χ1n) is 8.31. The molecular formula is C18H26N2O. The molecule has 3 nitrogen and oxygen atoms in total. The molecule has 0 saturated heterocycles. The zero-order chi connectivity index (χ0) is 14.7. The fraction of sp³-hybridized carbons (Fsp3) is 0.611. The Hall–Kier alpha value is -1.35. The number of hydrogen-bond donors (Lipinski definition) is 1. The third-order valence-electron chi connectivity index (χ3n) is 5.36. The Balaban J connectivity index is 1.74. The normalized spacial score (nSPS) is 21.5. The Morgan fingerprint density at radius 3 is 2.14 bits per heavy atom. The number of rotatable bonds is 2. The highest BCUT2D eigenvalue weighted by Crippen LogP contribution is 2.37. The van der Waals surface area contributed by atoms with Crippen molar-refractivity contribution >= 4 is 5.91 Å². The molecule has 1 aliphatic heterocycles. The van der Waals surface area contributed by atoms with Crippen molar-refractivity contribution in [2.45, 2.75) is 44.9 Å². The van der Waals surface area contributed by atoms with E-state index in [1.165, 1.54) is 17.5 Å². The maximum Gasteiger partial charge on any atom is 0.230 e. The molecular weight excluding hydrogens is 260 g/mol. The van der Waals surface area contributed by atoms with Gasteiger partial charge in [-0.05, 0) is 36.8 Å². The van der Waals surface area contributed by atoms with Gasteiger partial charge in [0.25, 0.3) is 0 Å². The molecule has 1 saturated carbocycles. The maximum absolute atomic E-state index is 13.1. The summed E-state index contributed by atoms with van der Waals surface area (Å²) in [5.41, 5.74) is 8.55. The molecule has 114 valence electrons. The number of nitrogens with zero attached hydrogens (tertiary/aromatic N) is 1. The zero-order valence-electron chi connectivity index (χ0n) is 12.8. The molecule has 1 aliphatic carbocycles. The lowest BCUT2D eigenvalue weighted by atomic mass is 9.73. The van der Waals surface area contributed by atoms with Gasteiger partial charge in [0.15, 0.2) is 0 Å². The highest BCUT2D eigenvalue weighted by atomic mass is 16.2. The second kappa shape index (κ2) is 6.18. The van der Waals surface area contributed by atoms with Crippen molar-refractivity contribution in [3.63, 3.8) is 0 Å². The molecule has 1 aromatic carbocycles. The van der Waals surface area contributed by atoms with Gasteiger partial charge >= 0.3 is 0 Å². The van der Waals surface area contributed by atoms with E-state index in [-0.39, 0.29) is 5.41 Å². The van der Waals surface area contributed by atoms with E-state index in [1.54, 1.807) is 0 Å². The minimum absolute atomic E-state index is 0.269. The molecule has 1 amide bonds. The van der Waals surface area contributed by atoms with Crippen molar-refractivity contribution in [3.05, 3.63) is 35.4 Å². The minimum atomic E-state index is -0.269. The van der Waals surface area contributed by atoms with E-state index in [0.717, 1.165) is 51.6 Å². The van der Waals surface area contributed by atoms with Crippen LogP contribution < -0.4 is 5.73 Å². The van der Waals surface area contributed by atoms with Crippen LogP contribution in [0.25, 0.3) is 0 Å². The zero-order valence-corrected chi connectivity index (χ0v) is 12.8. The van der Waals surface area contributed by atoms with Crippen LogP contribution in [0.2, 0.25) is 0 Å². The molecule has 1 aromatic rings. The summed E-state index contributed by atoms with van der Waals surface area (Å²) in [6.45, 7) is 2.20. The van der Waals surface area contributed by atoms with Crippen LogP contribution in [0.3, 0.4) is 0 Å². The SMILES string of the molecule is NCC1(C(=O)N2CCc3ccccc3CC2)CCCCC1. The number of hydrogen-bond acceptors (Lipinski definition) is 2.